The molecular weight excluding hydrogens is 386 g/mol. The molecule has 0 aliphatic rings. The number of carbonyl (C=O) groups is 2. The fraction of sp³-hybridized carbons (Fsp3) is 0.286. The largest absolute Gasteiger partial charge is 0.505 e. The maximum Gasteiger partial charge on any atom is 0.341 e. The van der Waals surface area contributed by atoms with Crippen molar-refractivity contribution in [3.8, 4) is 11.7 Å². The van der Waals surface area contributed by atoms with Crippen molar-refractivity contribution in [1.29, 1.82) is 0 Å². The highest BCUT2D eigenvalue weighted by molar-refractivity contribution is 5.99. The molecule has 0 radical (unpaired) electrons. The Morgan fingerprint density at radius 3 is 2.43 bits per heavy atom. The smallest absolute Gasteiger partial charge is 0.341 e. The number of hydrogen-bond acceptors (Lipinski definition) is 7. The van der Waals surface area contributed by atoms with E-state index in [4.69, 9.17) is 0 Å². The van der Waals surface area contributed by atoms with E-state index in [-0.39, 0.29) is 29.3 Å². The van der Waals surface area contributed by atoms with Crippen molar-refractivity contribution >= 4 is 17.6 Å². The normalized spacial score (nSPS) is 10.7. The standard InChI is InChI=1S/C21H23N5O4/c1-11-9-12(2)23-21(22-11)26-14(4)16(13(3)25-26)10-18(27)24-17-8-6-7-15(19(17)28)20(29)30-5/h6-9,28H,10H2,1-5H3,(H,24,27). The van der Waals surface area contributed by atoms with Gasteiger partial charge in [0.05, 0.1) is 24.9 Å². The van der Waals surface area contributed by atoms with Crippen molar-refractivity contribution in [1.82, 2.24) is 19.7 Å². The molecule has 0 spiro atoms. The first-order valence-electron chi connectivity index (χ1n) is 9.29. The van der Waals surface area contributed by atoms with Crippen LogP contribution in [-0.4, -0.2) is 43.8 Å². The van der Waals surface area contributed by atoms with Crippen molar-refractivity contribution in [3.63, 3.8) is 0 Å². The number of phenolic OH excluding ortho intramolecular Hbond substituents is 1. The van der Waals surface area contributed by atoms with Gasteiger partial charge in [0.1, 0.15) is 5.56 Å². The van der Waals surface area contributed by atoms with Crippen LogP contribution in [0.3, 0.4) is 0 Å². The molecule has 0 saturated heterocycles. The molecule has 1 amide bonds. The summed E-state index contributed by atoms with van der Waals surface area (Å²) in [6.07, 6.45) is 0.0321. The summed E-state index contributed by atoms with van der Waals surface area (Å²) in [4.78, 5) is 33.2. The third kappa shape index (κ3) is 4.14. The highest BCUT2D eigenvalue weighted by Gasteiger charge is 2.20. The molecule has 3 rings (SSSR count). The van der Waals surface area contributed by atoms with Gasteiger partial charge in [0.15, 0.2) is 5.75 Å². The van der Waals surface area contributed by atoms with Crippen LogP contribution >= 0.6 is 0 Å². The molecule has 156 valence electrons. The molecular formula is C21H23N5O4. The van der Waals surface area contributed by atoms with Crippen LogP contribution in [0.25, 0.3) is 5.95 Å². The number of nitrogens with one attached hydrogen (secondary N) is 1. The molecule has 0 bridgehead atoms. The first-order chi connectivity index (χ1) is 14.2. The molecule has 0 saturated carbocycles. The number of rotatable bonds is 5. The molecule has 2 aromatic heterocycles. The van der Waals surface area contributed by atoms with Crippen LogP contribution in [0.15, 0.2) is 24.3 Å². The molecule has 2 N–H and O–H groups in total. The zero-order valence-corrected chi connectivity index (χ0v) is 17.5. The zero-order chi connectivity index (χ0) is 22.0. The number of methoxy groups -OCH3 is 1. The first kappa shape index (κ1) is 21.0. The highest BCUT2D eigenvalue weighted by Crippen LogP contribution is 2.28. The Labute approximate surface area is 173 Å². The summed E-state index contributed by atoms with van der Waals surface area (Å²) in [6, 6.07) is 6.34. The van der Waals surface area contributed by atoms with E-state index in [1.807, 2.05) is 33.8 Å². The summed E-state index contributed by atoms with van der Waals surface area (Å²) in [6.45, 7) is 7.42. The van der Waals surface area contributed by atoms with Gasteiger partial charge in [-0.15, -0.1) is 0 Å². The number of carbonyl (C=O) groups excluding carboxylic acids is 2. The fourth-order valence-electron chi connectivity index (χ4n) is 3.20. The summed E-state index contributed by atoms with van der Waals surface area (Å²) in [5.41, 5.74) is 3.92. The predicted octanol–water partition coefficient (Wildman–Crippen LogP) is 2.57. The second kappa shape index (κ2) is 8.32. The second-order valence-electron chi connectivity index (χ2n) is 6.93. The molecule has 0 fully saturated rings. The Morgan fingerprint density at radius 2 is 1.80 bits per heavy atom. The quantitative estimate of drug-likeness (QED) is 0.491. The number of anilines is 1. The Morgan fingerprint density at radius 1 is 1.13 bits per heavy atom. The topological polar surface area (TPSA) is 119 Å². The lowest BCUT2D eigenvalue weighted by Crippen LogP contribution is -2.16. The molecule has 2 heterocycles. The number of nitrogens with zero attached hydrogens (tertiary/aromatic N) is 4. The molecule has 3 aromatic rings. The number of amides is 1. The molecule has 9 nitrogen and oxygen atoms in total. The molecule has 0 aliphatic heterocycles. The van der Waals surface area contributed by atoms with E-state index >= 15 is 0 Å². The zero-order valence-electron chi connectivity index (χ0n) is 17.5. The minimum Gasteiger partial charge on any atom is -0.505 e. The van der Waals surface area contributed by atoms with E-state index in [2.05, 4.69) is 25.1 Å². The SMILES string of the molecule is COC(=O)c1cccc(NC(=O)Cc2c(C)nn(-c3nc(C)cc(C)n3)c2C)c1O. The number of aromatic nitrogens is 4. The third-order valence-electron chi connectivity index (χ3n) is 4.65. The van der Waals surface area contributed by atoms with Crippen molar-refractivity contribution in [2.75, 3.05) is 12.4 Å². The van der Waals surface area contributed by atoms with E-state index in [0.717, 1.165) is 22.6 Å². The summed E-state index contributed by atoms with van der Waals surface area (Å²) >= 11 is 0. The van der Waals surface area contributed by atoms with Gasteiger partial charge in [-0.1, -0.05) is 6.07 Å². The van der Waals surface area contributed by atoms with Crippen molar-refractivity contribution in [2.24, 2.45) is 0 Å². The van der Waals surface area contributed by atoms with Crippen LogP contribution in [0.4, 0.5) is 5.69 Å². The average molecular weight is 409 g/mol. The Balaban J connectivity index is 1.85. The van der Waals surface area contributed by atoms with Gasteiger partial charge in [0.25, 0.3) is 5.95 Å². The number of aryl methyl sites for hydroxylation is 3. The fourth-order valence-corrected chi connectivity index (χ4v) is 3.20. The minimum absolute atomic E-state index is 0.0255. The Hall–Kier alpha value is -3.75. The maximum absolute atomic E-state index is 12.6. The predicted molar refractivity (Wildman–Crippen MR) is 110 cm³/mol. The van der Waals surface area contributed by atoms with Crippen LogP contribution in [0, 0.1) is 27.7 Å². The molecule has 0 atom stereocenters. The number of hydrogen-bond donors (Lipinski definition) is 2. The second-order valence-corrected chi connectivity index (χ2v) is 6.93. The maximum atomic E-state index is 12.6. The molecule has 1 aromatic carbocycles. The van der Waals surface area contributed by atoms with Gasteiger partial charge in [-0.3, -0.25) is 4.79 Å². The first-order valence-corrected chi connectivity index (χ1v) is 9.29. The molecule has 9 heteroatoms. The van der Waals surface area contributed by atoms with Crippen LogP contribution in [-0.2, 0) is 16.0 Å². The monoisotopic (exact) mass is 409 g/mol. The van der Waals surface area contributed by atoms with E-state index in [9.17, 15) is 14.7 Å². The summed E-state index contributed by atoms with van der Waals surface area (Å²) < 4.78 is 6.25. The van der Waals surface area contributed by atoms with Gasteiger partial charge in [-0.2, -0.15) is 5.10 Å². The molecule has 0 unspecified atom stereocenters. The van der Waals surface area contributed by atoms with Gasteiger partial charge in [-0.05, 0) is 45.9 Å². The lowest BCUT2D eigenvalue weighted by Gasteiger charge is -2.10. The van der Waals surface area contributed by atoms with Gasteiger partial charge in [-0.25, -0.2) is 19.4 Å². The van der Waals surface area contributed by atoms with Crippen LogP contribution in [0.2, 0.25) is 0 Å². The van der Waals surface area contributed by atoms with E-state index in [0.29, 0.717) is 11.6 Å². The number of para-hydroxylation sites is 1. The van der Waals surface area contributed by atoms with Gasteiger partial charge in [0.2, 0.25) is 5.91 Å². The van der Waals surface area contributed by atoms with E-state index in [1.165, 1.54) is 19.2 Å². The van der Waals surface area contributed by atoms with E-state index < -0.39 is 5.97 Å². The van der Waals surface area contributed by atoms with Gasteiger partial charge >= 0.3 is 5.97 Å². The van der Waals surface area contributed by atoms with Gasteiger partial charge < -0.3 is 15.2 Å². The number of aromatic hydroxyl groups is 1. The lowest BCUT2D eigenvalue weighted by molar-refractivity contribution is -0.115. The number of benzene rings is 1. The third-order valence-corrected chi connectivity index (χ3v) is 4.65. The van der Waals surface area contributed by atoms with Crippen molar-refractivity contribution < 1.29 is 19.4 Å². The van der Waals surface area contributed by atoms with Crippen LogP contribution in [0.5, 0.6) is 5.75 Å². The average Bonchev–Trinajstić information content (AvgIpc) is 2.96. The van der Waals surface area contributed by atoms with Crippen molar-refractivity contribution in [3.05, 3.63) is 58.2 Å². The highest BCUT2D eigenvalue weighted by atomic mass is 16.5. The number of esters is 1. The van der Waals surface area contributed by atoms with E-state index in [1.54, 1.807) is 10.7 Å². The Bertz CT molecular complexity index is 1120. The Kier molecular flexibility index (Phi) is 5.81. The minimum atomic E-state index is -0.690. The number of ether oxygens (including phenoxy) is 1. The molecule has 0 aliphatic carbocycles. The molecule has 30 heavy (non-hydrogen) atoms. The van der Waals surface area contributed by atoms with Crippen LogP contribution < -0.4 is 5.32 Å². The van der Waals surface area contributed by atoms with Crippen LogP contribution in [0.1, 0.15) is 38.7 Å². The van der Waals surface area contributed by atoms with Gasteiger partial charge in [0, 0.05) is 22.6 Å². The van der Waals surface area contributed by atoms with Crippen molar-refractivity contribution in [2.45, 2.75) is 34.1 Å². The summed E-state index contributed by atoms with van der Waals surface area (Å²) in [5.74, 6) is -0.946. The summed E-state index contributed by atoms with van der Waals surface area (Å²) in [5, 5.41) is 17.4. The number of phenols is 1. The summed E-state index contributed by atoms with van der Waals surface area (Å²) in [7, 11) is 1.22. The lowest BCUT2D eigenvalue weighted by atomic mass is 10.1.